The fraction of sp³-hybridized carbons (Fsp3) is 0.429. The number of ether oxygens (including phenoxy) is 1. The number of anilines is 1. The summed E-state index contributed by atoms with van der Waals surface area (Å²) in [6.45, 7) is 2.10. The SMILES string of the molecule is Cc1ccc(C(=O)OCCCC(=O)N(C)C)cc1N. The topological polar surface area (TPSA) is 72.6 Å². The minimum absolute atomic E-state index is 0.0237. The Morgan fingerprint density at radius 2 is 2.00 bits per heavy atom. The Morgan fingerprint density at radius 1 is 1.32 bits per heavy atom. The molecule has 1 amide bonds. The number of esters is 1. The van der Waals surface area contributed by atoms with E-state index in [-0.39, 0.29) is 12.5 Å². The Morgan fingerprint density at radius 3 is 2.58 bits per heavy atom. The first-order chi connectivity index (χ1) is 8.91. The van der Waals surface area contributed by atoms with Gasteiger partial charge < -0.3 is 15.4 Å². The second-order valence-electron chi connectivity index (χ2n) is 4.60. The summed E-state index contributed by atoms with van der Waals surface area (Å²) in [5, 5.41) is 0. The van der Waals surface area contributed by atoms with Gasteiger partial charge in [-0.15, -0.1) is 0 Å². The van der Waals surface area contributed by atoms with E-state index in [2.05, 4.69) is 0 Å². The number of hydrogen-bond acceptors (Lipinski definition) is 4. The summed E-state index contributed by atoms with van der Waals surface area (Å²) < 4.78 is 5.09. The highest BCUT2D eigenvalue weighted by molar-refractivity contribution is 5.90. The first-order valence-electron chi connectivity index (χ1n) is 6.15. The van der Waals surface area contributed by atoms with Crippen molar-refractivity contribution in [2.24, 2.45) is 0 Å². The zero-order valence-electron chi connectivity index (χ0n) is 11.6. The highest BCUT2D eigenvalue weighted by Crippen LogP contribution is 2.13. The van der Waals surface area contributed by atoms with Gasteiger partial charge in [-0.25, -0.2) is 4.79 Å². The van der Waals surface area contributed by atoms with Crippen molar-refractivity contribution >= 4 is 17.6 Å². The zero-order valence-corrected chi connectivity index (χ0v) is 11.6. The zero-order chi connectivity index (χ0) is 14.4. The Kier molecular flexibility index (Phi) is 5.36. The monoisotopic (exact) mass is 264 g/mol. The van der Waals surface area contributed by atoms with Gasteiger partial charge in [0.05, 0.1) is 12.2 Å². The molecule has 1 aromatic carbocycles. The second kappa shape index (κ2) is 6.78. The number of nitrogens with zero attached hydrogens (tertiary/aromatic N) is 1. The molecule has 0 aromatic heterocycles. The standard InChI is InChI=1S/C14H20N2O3/c1-10-6-7-11(9-12(10)15)14(18)19-8-4-5-13(17)16(2)3/h6-7,9H,4-5,8,15H2,1-3H3. The van der Waals surface area contributed by atoms with E-state index in [9.17, 15) is 9.59 Å². The predicted octanol–water partition coefficient (Wildman–Crippen LogP) is 1.60. The molecule has 0 fully saturated rings. The maximum atomic E-state index is 11.7. The first kappa shape index (κ1) is 15.0. The Labute approximate surface area is 113 Å². The molecule has 0 bridgehead atoms. The second-order valence-corrected chi connectivity index (χ2v) is 4.60. The molecule has 0 aliphatic rings. The van der Waals surface area contributed by atoms with Gasteiger partial charge in [0, 0.05) is 26.2 Å². The summed E-state index contributed by atoms with van der Waals surface area (Å²) in [4.78, 5) is 24.5. The van der Waals surface area contributed by atoms with Crippen molar-refractivity contribution in [2.75, 3.05) is 26.4 Å². The van der Waals surface area contributed by atoms with Gasteiger partial charge in [-0.05, 0) is 31.0 Å². The lowest BCUT2D eigenvalue weighted by Crippen LogP contribution is -2.21. The van der Waals surface area contributed by atoms with Crippen LogP contribution in [0.5, 0.6) is 0 Å². The van der Waals surface area contributed by atoms with Crippen molar-refractivity contribution in [2.45, 2.75) is 19.8 Å². The van der Waals surface area contributed by atoms with Gasteiger partial charge in [0.15, 0.2) is 0 Å². The Hall–Kier alpha value is -2.04. The van der Waals surface area contributed by atoms with Crippen LogP contribution in [-0.4, -0.2) is 37.5 Å². The molecule has 104 valence electrons. The smallest absolute Gasteiger partial charge is 0.338 e. The van der Waals surface area contributed by atoms with Crippen molar-refractivity contribution in [3.8, 4) is 0 Å². The molecule has 5 nitrogen and oxygen atoms in total. The van der Waals surface area contributed by atoms with E-state index in [0.29, 0.717) is 24.1 Å². The lowest BCUT2D eigenvalue weighted by molar-refractivity contribution is -0.128. The van der Waals surface area contributed by atoms with Gasteiger partial charge in [-0.2, -0.15) is 0 Å². The lowest BCUT2D eigenvalue weighted by atomic mass is 10.1. The van der Waals surface area contributed by atoms with Crippen molar-refractivity contribution in [1.82, 2.24) is 4.90 Å². The maximum Gasteiger partial charge on any atom is 0.338 e. The minimum atomic E-state index is -0.413. The van der Waals surface area contributed by atoms with Crippen LogP contribution < -0.4 is 5.73 Å². The summed E-state index contributed by atoms with van der Waals surface area (Å²) in [6.07, 6.45) is 0.889. The number of carbonyl (C=O) groups excluding carboxylic acids is 2. The third kappa shape index (κ3) is 4.62. The third-order valence-electron chi connectivity index (χ3n) is 2.78. The van der Waals surface area contributed by atoms with Crippen molar-refractivity contribution in [3.05, 3.63) is 29.3 Å². The van der Waals surface area contributed by atoms with Crippen molar-refractivity contribution < 1.29 is 14.3 Å². The quantitative estimate of drug-likeness (QED) is 0.498. The average molecular weight is 264 g/mol. The number of aryl methyl sites for hydroxylation is 1. The van der Waals surface area contributed by atoms with Crippen LogP contribution in [0.3, 0.4) is 0 Å². The summed E-state index contributed by atoms with van der Waals surface area (Å²) in [6, 6.07) is 5.06. The summed E-state index contributed by atoms with van der Waals surface area (Å²) in [7, 11) is 3.40. The van der Waals surface area contributed by atoms with Gasteiger partial charge in [-0.3, -0.25) is 4.79 Å². The maximum absolute atomic E-state index is 11.7. The van der Waals surface area contributed by atoms with Gasteiger partial charge in [0.1, 0.15) is 0 Å². The van der Waals surface area contributed by atoms with Crippen LogP contribution in [0, 0.1) is 6.92 Å². The predicted molar refractivity (Wildman–Crippen MR) is 73.8 cm³/mol. The fourth-order valence-corrected chi connectivity index (χ4v) is 1.46. The van der Waals surface area contributed by atoms with Crippen LogP contribution in [0.2, 0.25) is 0 Å². The Balaban J connectivity index is 2.39. The molecule has 0 atom stereocenters. The molecule has 19 heavy (non-hydrogen) atoms. The van der Waals surface area contributed by atoms with Crippen LogP contribution >= 0.6 is 0 Å². The van der Waals surface area contributed by atoms with Crippen molar-refractivity contribution in [3.63, 3.8) is 0 Å². The van der Waals surface area contributed by atoms with E-state index in [1.54, 1.807) is 32.3 Å². The average Bonchev–Trinajstić information content (AvgIpc) is 2.37. The molecule has 2 N–H and O–H groups in total. The molecule has 1 rings (SSSR count). The number of nitrogen functional groups attached to an aromatic ring is 1. The highest BCUT2D eigenvalue weighted by Gasteiger charge is 2.09. The molecule has 0 spiro atoms. The summed E-state index contributed by atoms with van der Waals surface area (Å²) in [5.74, 6) is -0.389. The van der Waals surface area contributed by atoms with Crippen LogP contribution in [-0.2, 0) is 9.53 Å². The molecule has 0 heterocycles. The summed E-state index contributed by atoms with van der Waals surface area (Å²) >= 11 is 0. The van der Waals surface area contributed by atoms with E-state index in [1.807, 2.05) is 6.92 Å². The van der Waals surface area contributed by atoms with Crippen LogP contribution in [0.4, 0.5) is 5.69 Å². The normalized spacial score (nSPS) is 10.1. The summed E-state index contributed by atoms with van der Waals surface area (Å²) in [5.41, 5.74) is 7.65. The van der Waals surface area contributed by atoms with Crippen LogP contribution in [0.25, 0.3) is 0 Å². The van der Waals surface area contributed by atoms with E-state index in [0.717, 1.165) is 5.56 Å². The number of hydrogen-bond donors (Lipinski definition) is 1. The number of rotatable bonds is 5. The largest absolute Gasteiger partial charge is 0.462 e. The number of amides is 1. The van der Waals surface area contributed by atoms with Gasteiger partial charge in [0.2, 0.25) is 5.91 Å². The molecular formula is C14H20N2O3. The molecule has 0 saturated carbocycles. The van der Waals surface area contributed by atoms with Gasteiger partial charge in [0.25, 0.3) is 0 Å². The number of carbonyl (C=O) groups is 2. The lowest BCUT2D eigenvalue weighted by Gasteiger charge is -2.10. The van der Waals surface area contributed by atoms with E-state index in [1.165, 1.54) is 4.90 Å². The fourth-order valence-electron chi connectivity index (χ4n) is 1.46. The van der Waals surface area contributed by atoms with Crippen molar-refractivity contribution in [1.29, 1.82) is 0 Å². The van der Waals surface area contributed by atoms with E-state index in [4.69, 9.17) is 10.5 Å². The minimum Gasteiger partial charge on any atom is -0.462 e. The molecule has 0 aliphatic heterocycles. The molecular weight excluding hydrogens is 244 g/mol. The molecule has 5 heteroatoms. The molecule has 0 unspecified atom stereocenters. The number of benzene rings is 1. The van der Waals surface area contributed by atoms with Gasteiger partial charge in [-0.1, -0.05) is 6.07 Å². The highest BCUT2D eigenvalue weighted by atomic mass is 16.5. The first-order valence-corrected chi connectivity index (χ1v) is 6.15. The molecule has 1 aromatic rings. The molecule has 0 aliphatic carbocycles. The van der Waals surface area contributed by atoms with Crippen LogP contribution in [0.15, 0.2) is 18.2 Å². The van der Waals surface area contributed by atoms with Gasteiger partial charge >= 0.3 is 5.97 Å². The Bertz CT molecular complexity index is 470. The van der Waals surface area contributed by atoms with E-state index >= 15 is 0 Å². The molecule has 0 radical (unpaired) electrons. The van der Waals surface area contributed by atoms with Crippen LogP contribution in [0.1, 0.15) is 28.8 Å². The molecule has 0 saturated heterocycles. The number of nitrogens with two attached hydrogens (primary N) is 1. The van der Waals surface area contributed by atoms with E-state index < -0.39 is 5.97 Å². The third-order valence-corrected chi connectivity index (χ3v) is 2.78.